The number of fused-ring (bicyclic) bond motifs is 1. The zero-order valence-electron chi connectivity index (χ0n) is 20.6. The molecule has 0 spiro atoms. The number of amides is 1. The maximum Gasteiger partial charge on any atom is 0.231 e. The lowest BCUT2D eigenvalue weighted by atomic mass is 9.87. The van der Waals surface area contributed by atoms with E-state index in [4.69, 9.17) is 18.6 Å². The van der Waals surface area contributed by atoms with Gasteiger partial charge >= 0.3 is 0 Å². The van der Waals surface area contributed by atoms with Crippen molar-refractivity contribution in [2.75, 3.05) is 20.4 Å². The van der Waals surface area contributed by atoms with E-state index in [9.17, 15) is 9.90 Å². The number of ether oxygens (including phenoxy) is 3. The number of hydrogen-bond donors (Lipinski definition) is 2. The summed E-state index contributed by atoms with van der Waals surface area (Å²) in [6, 6.07) is 24.7. The second-order valence-electron chi connectivity index (χ2n) is 8.91. The molecule has 37 heavy (non-hydrogen) atoms. The summed E-state index contributed by atoms with van der Waals surface area (Å²) in [6.45, 7) is 0.575. The Morgan fingerprint density at radius 2 is 1.68 bits per heavy atom. The highest BCUT2D eigenvalue weighted by atomic mass is 16.7. The van der Waals surface area contributed by atoms with E-state index in [0.29, 0.717) is 35.8 Å². The van der Waals surface area contributed by atoms with E-state index in [1.54, 1.807) is 25.5 Å². The van der Waals surface area contributed by atoms with Crippen LogP contribution in [0.25, 0.3) is 0 Å². The lowest BCUT2D eigenvalue weighted by Gasteiger charge is -2.20. The Balaban J connectivity index is 1.32. The third-order valence-corrected chi connectivity index (χ3v) is 6.65. The smallest absolute Gasteiger partial charge is 0.231 e. The van der Waals surface area contributed by atoms with Crippen LogP contribution in [0.1, 0.15) is 47.1 Å². The molecule has 5 rings (SSSR count). The van der Waals surface area contributed by atoms with Crippen LogP contribution in [0.15, 0.2) is 89.5 Å². The molecule has 1 aliphatic rings. The first-order valence-electron chi connectivity index (χ1n) is 12.2. The van der Waals surface area contributed by atoms with Gasteiger partial charge in [0.1, 0.15) is 17.3 Å². The average Bonchev–Trinajstić information content (AvgIpc) is 3.62. The van der Waals surface area contributed by atoms with Gasteiger partial charge in [0.2, 0.25) is 12.7 Å². The van der Waals surface area contributed by atoms with Crippen LogP contribution in [0, 0.1) is 0 Å². The Kier molecular flexibility index (Phi) is 7.31. The van der Waals surface area contributed by atoms with Crippen LogP contribution in [0.2, 0.25) is 0 Å². The van der Waals surface area contributed by atoms with E-state index in [1.165, 1.54) is 0 Å². The molecule has 3 aromatic carbocycles. The van der Waals surface area contributed by atoms with Crippen molar-refractivity contribution in [2.24, 2.45) is 0 Å². The number of carbonyl (C=O) groups is 1. The summed E-state index contributed by atoms with van der Waals surface area (Å²) >= 11 is 0. The third kappa shape index (κ3) is 5.56. The van der Waals surface area contributed by atoms with Crippen molar-refractivity contribution in [3.63, 3.8) is 0 Å². The highest BCUT2D eigenvalue weighted by molar-refractivity contribution is 5.78. The van der Waals surface area contributed by atoms with E-state index in [1.807, 2.05) is 54.6 Å². The monoisotopic (exact) mass is 499 g/mol. The maximum absolute atomic E-state index is 13.2. The predicted octanol–water partition coefficient (Wildman–Crippen LogP) is 5.58. The summed E-state index contributed by atoms with van der Waals surface area (Å²) in [6.07, 6.45) is 2.50. The highest BCUT2D eigenvalue weighted by Gasteiger charge is 2.26. The maximum atomic E-state index is 13.2. The molecule has 2 heterocycles. The van der Waals surface area contributed by atoms with Gasteiger partial charge in [0, 0.05) is 36.4 Å². The molecule has 0 aliphatic carbocycles. The lowest BCUT2D eigenvalue weighted by Crippen LogP contribution is -2.27. The summed E-state index contributed by atoms with van der Waals surface area (Å²) in [5.41, 5.74) is 2.61. The molecule has 1 amide bonds. The van der Waals surface area contributed by atoms with E-state index >= 15 is 0 Å². The molecule has 4 aromatic rings. The summed E-state index contributed by atoms with van der Waals surface area (Å²) in [5, 5.41) is 13.9. The van der Waals surface area contributed by atoms with Crippen LogP contribution in [-0.2, 0) is 4.79 Å². The number of aromatic hydroxyl groups is 1. The van der Waals surface area contributed by atoms with Gasteiger partial charge in [-0.15, -0.1) is 0 Å². The minimum absolute atomic E-state index is 0.0341. The van der Waals surface area contributed by atoms with Gasteiger partial charge in [-0.25, -0.2) is 0 Å². The lowest BCUT2D eigenvalue weighted by molar-refractivity contribution is -0.121. The second-order valence-corrected chi connectivity index (χ2v) is 8.91. The number of phenols is 1. The molecule has 7 nitrogen and oxygen atoms in total. The Hall–Kier alpha value is -4.39. The van der Waals surface area contributed by atoms with Crippen LogP contribution >= 0.6 is 0 Å². The van der Waals surface area contributed by atoms with E-state index in [-0.39, 0.29) is 30.8 Å². The van der Waals surface area contributed by atoms with Gasteiger partial charge in [-0.2, -0.15) is 0 Å². The molecule has 2 atom stereocenters. The number of hydrogen-bond acceptors (Lipinski definition) is 6. The molecule has 0 bridgehead atoms. The van der Waals surface area contributed by atoms with Crippen LogP contribution in [0.4, 0.5) is 0 Å². The molecule has 2 unspecified atom stereocenters. The molecule has 0 radical (unpaired) electrons. The minimum atomic E-state index is -0.393. The second kappa shape index (κ2) is 11.1. The molecular weight excluding hydrogens is 470 g/mol. The van der Waals surface area contributed by atoms with Gasteiger partial charge in [-0.05, 0) is 47.9 Å². The Labute approximate surface area is 215 Å². The van der Waals surface area contributed by atoms with Crippen molar-refractivity contribution in [1.29, 1.82) is 0 Å². The van der Waals surface area contributed by atoms with Crippen molar-refractivity contribution >= 4 is 5.91 Å². The fraction of sp³-hybridized carbons (Fsp3) is 0.233. The fourth-order valence-corrected chi connectivity index (χ4v) is 4.73. The number of rotatable bonds is 10. The molecule has 1 aliphatic heterocycles. The summed E-state index contributed by atoms with van der Waals surface area (Å²) in [5.74, 6) is 2.19. The van der Waals surface area contributed by atoms with E-state index < -0.39 is 5.92 Å². The van der Waals surface area contributed by atoms with Crippen LogP contribution in [0.3, 0.4) is 0 Å². The van der Waals surface area contributed by atoms with Crippen LogP contribution in [-0.4, -0.2) is 31.5 Å². The first-order valence-corrected chi connectivity index (χ1v) is 12.2. The van der Waals surface area contributed by atoms with Gasteiger partial charge < -0.3 is 29.1 Å². The number of nitrogens with one attached hydrogen (secondary N) is 1. The molecule has 7 heteroatoms. The minimum Gasteiger partial charge on any atom is -0.508 e. The molecule has 0 fully saturated rings. The molecule has 0 saturated heterocycles. The third-order valence-electron chi connectivity index (χ3n) is 6.65. The summed E-state index contributed by atoms with van der Waals surface area (Å²) in [4.78, 5) is 13.2. The van der Waals surface area contributed by atoms with Crippen molar-refractivity contribution in [2.45, 2.75) is 24.7 Å². The van der Waals surface area contributed by atoms with E-state index in [0.717, 1.165) is 16.9 Å². The van der Waals surface area contributed by atoms with Crippen LogP contribution < -0.4 is 19.5 Å². The van der Waals surface area contributed by atoms with Gasteiger partial charge in [0.05, 0.1) is 13.4 Å². The topological polar surface area (TPSA) is 90.2 Å². The van der Waals surface area contributed by atoms with Crippen LogP contribution in [0.5, 0.6) is 23.0 Å². The fourth-order valence-electron chi connectivity index (χ4n) is 4.73. The molecule has 2 N–H and O–H groups in total. The molecular formula is C30H29NO6. The number of phenolic OH excluding ortho intramolecular Hbond substituents is 1. The summed E-state index contributed by atoms with van der Waals surface area (Å²) < 4.78 is 21.9. The van der Waals surface area contributed by atoms with Gasteiger partial charge in [-0.3, -0.25) is 4.79 Å². The Morgan fingerprint density at radius 3 is 2.38 bits per heavy atom. The van der Waals surface area contributed by atoms with Crippen molar-refractivity contribution in [3.8, 4) is 23.0 Å². The number of methoxy groups -OCH3 is 1. The Morgan fingerprint density at radius 1 is 0.946 bits per heavy atom. The largest absolute Gasteiger partial charge is 0.508 e. The van der Waals surface area contributed by atoms with Crippen molar-refractivity contribution in [3.05, 3.63) is 108 Å². The Bertz CT molecular complexity index is 1320. The quantitative estimate of drug-likeness (QED) is 0.296. The number of benzene rings is 3. The standard InChI is InChI=1S/C30H29NO6/c1-34-22-11-9-21(10-12-22)24(25-16-28-29(18-26(25)32)37-19-36-28)17-30(33)31-14-13-23(27-8-5-15-35-27)20-6-3-2-4-7-20/h2-12,15-16,18,23-24,32H,13-14,17,19H2,1H3,(H,31,33). The molecule has 190 valence electrons. The highest BCUT2D eigenvalue weighted by Crippen LogP contribution is 2.43. The van der Waals surface area contributed by atoms with Crippen molar-refractivity contribution < 1.29 is 28.5 Å². The average molecular weight is 500 g/mol. The molecule has 1 aromatic heterocycles. The normalized spacial score (nSPS) is 13.6. The number of carbonyl (C=O) groups excluding carboxylic acids is 1. The predicted molar refractivity (Wildman–Crippen MR) is 138 cm³/mol. The number of furan rings is 1. The van der Waals surface area contributed by atoms with E-state index in [2.05, 4.69) is 17.4 Å². The zero-order valence-corrected chi connectivity index (χ0v) is 20.6. The first-order chi connectivity index (χ1) is 18.1. The first kappa shape index (κ1) is 24.3. The SMILES string of the molecule is COc1ccc(C(CC(=O)NCCC(c2ccccc2)c2ccco2)c2cc3c(cc2O)OCO3)cc1. The van der Waals surface area contributed by atoms with Gasteiger partial charge in [0.25, 0.3) is 0 Å². The van der Waals surface area contributed by atoms with Gasteiger partial charge in [-0.1, -0.05) is 42.5 Å². The molecule has 0 saturated carbocycles. The van der Waals surface area contributed by atoms with Crippen molar-refractivity contribution in [1.82, 2.24) is 5.32 Å². The van der Waals surface area contributed by atoms with Gasteiger partial charge in [0.15, 0.2) is 11.5 Å². The summed E-state index contributed by atoms with van der Waals surface area (Å²) in [7, 11) is 1.61. The zero-order chi connectivity index (χ0) is 25.6.